The van der Waals surface area contributed by atoms with Crippen molar-refractivity contribution >= 4 is 29.2 Å². The lowest BCUT2D eigenvalue weighted by Crippen LogP contribution is -2.23. The first-order valence-corrected chi connectivity index (χ1v) is 5.88. The molecule has 0 fully saturated rings. The predicted molar refractivity (Wildman–Crippen MR) is 73.4 cm³/mol. The molecule has 2 rings (SSSR count). The molecule has 6 nitrogen and oxygen atoms in total. The number of aromatic carboxylic acids is 1. The van der Waals surface area contributed by atoms with Crippen LogP contribution in [0.1, 0.15) is 20.7 Å². The Morgan fingerprint density at radius 1 is 1.20 bits per heavy atom. The van der Waals surface area contributed by atoms with E-state index in [-0.39, 0.29) is 21.8 Å². The third-order valence-electron chi connectivity index (χ3n) is 2.52. The number of aromatic nitrogens is 1. The molecule has 20 heavy (non-hydrogen) atoms. The van der Waals surface area contributed by atoms with Crippen molar-refractivity contribution in [3.05, 3.63) is 63.0 Å². The van der Waals surface area contributed by atoms with Crippen molar-refractivity contribution in [2.75, 3.05) is 5.32 Å². The van der Waals surface area contributed by atoms with Crippen LogP contribution in [0.3, 0.4) is 0 Å². The lowest BCUT2D eigenvalue weighted by molar-refractivity contribution is 0.0698. The normalized spacial score (nSPS) is 10.1. The van der Waals surface area contributed by atoms with E-state index in [0.717, 1.165) is 0 Å². The number of aromatic amines is 1. The van der Waals surface area contributed by atoms with E-state index >= 15 is 0 Å². The fraction of sp³-hybridized carbons (Fsp3) is 0. The smallest absolute Gasteiger partial charge is 0.337 e. The Labute approximate surface area is 118 Å². The third kappa shape index (κ3) is 2.86. The van der Waals surface area contributed by atoms with Gasteiger partial charge < -0.3 is 15.4 Å². The van der Waals surface area contributed by atoms with Gasteiger partial charge in [0, 0.05) is 11.2 Å². The summed E-state index contributed by atoms with van der Waals surface area (Å²) in [6, 6.07) is 6.86. The van der Waals surface area contributed by atoms with Gasteiger partial charge in [-0.25, -0.2) is 4.79 Å². The Balaban J connectivity index is 2.36. The number of carboxylic acid groups (broad SMARTS) is 1. The average Bonchev–Trinajstić information content (AvgIpc) is 2.41. The maximum atomic E-state index is 11.9. The molecule has 0 saturated heterocycles. The van der Waals surface area contributed by atoms with Crippen molar-refractivity contribution in [3.8, 4) is 0 Å². The molecule has 1 aromatic heterocycles. The van der Waals surface area contributed by atoms with Gasteiger partial charge in [0.25, 0.3) is 11.5 Å². The molecule has 0 bridgehead atoms. The maximum absolute atomic E-state index is 11.9. The molecule has 0 saturated carbocycles. The van der Waals surface area contributed by atoms with E-state index in [1.165, 1.54) is 36.5 Å². The van der Waals surface area contributed by atoms with Crippen LogP contribution in [0, 0.1) is 0 Å². The summed E-state index contributed by atoms with van der Waals surface area (Å²) in [5.74, 6) is -1.93. The number of H-pyrrole nitrogens is 1. The summed E-state index contributed by atoms with van der Waals surface area (Å²) in [5.41, 5.74) is -0.761. The number of carbonyl (C=O) groups is 2. The zero-order valence-corrected chi connectivity index (χ0v) is 10.8. The van der Waals surface area contributed by atoms with Gasteiger partial charge >= 0.3 is 5.97 Å². The molecule has 1 amide bonds. The SMILES string of the molecule is O=C(O)c1cc(Cl)ccc1NC(=O)c1ccc[nH]c1=O. The molecule has 1 aromatic carbocycles. The van der Waals surface area contributed by atoms with Gasteiger partial charge in [-0.2, -0.15) is 0 Å². The van der Waals surface area contributed by atoms with Crippen molar-refractivity contribution in [2.45, 2.75) is 0 Å². The molecule has 2 aromatic rings. The van der Waals surface area contributed by atoms with Crippen LogP contribution >= 0.6 is 11.6 Å². The van der Waals surface area contributed by atoms with Crippen LogP contribution in [0.5, 0.6) is 0 Å². The van der Waals surface area contributed by atoms with Crippen LogP contribution in [0.15, 0.2) is 41.3 Å². The number of hydrogen-bond acceptors (Lipinski definition) is 3. The standard InChI is InChI=1S/C13H9ClN2O4/c14-7-3-4-10(9(6-7)13(19)20)16-12(18)8-2-1-5-15-11(8)17/h1-6H,(H,15,17)(H,16,18)(H,19,20). The minimum atomic E-state index is -1.23. The van der Waals surface area contributed by atoms with Gasteiger partial charge in [-0.05, 0) is 30.3 Å². The summed E-state index contributed by atoms with van der Waals surface area (Å²) in [6.45, 7) is 0. The van der Waals surface area contributed by atoms with Crippen molar-refractivity contribution in [2.24, 2.45) is 0 Å². The van der Waals surface area contributed by atoms with Crippen molar-refractivity contribution < 1.29 is 14.7 Å². The lowest BCUT2D eigenvalue weighted by Gasteiger charge is -2.08. The summed E-state index contributed by atoms with van der Waals surface area (Å²) in [6.07, 6.45) is 1.39. The fourth-order valence-corrected chi connectivity index (χ4v) is 1.76. The minimum absolute atomic E-state index is 0.0650. The number of carbonyl (C=O) groups excluding carboxylic acids is 1. The first kappa shape index (κ1) is 13.8. The number of amides is 1. The number of rotatable bonds is 3. The number of pyridine rings is 1. The highest BCUT2D eigenvalue weighted by Crippen LogP contribution is 2.21. The number of carboxylic acids is 1. The van der Waals surface area contributed by atoms with Crippen LogP contribution in [-0.2, 0) is 0 Å². The van der Waals surface area contributed by atoms with Crippen molar-refractivity contribution in [1.82, 2.24) is 4.98 Å². The highest BCUT2D eigenvalue weighted by molar-refractivity contribution is 6.31. The summed E-state index contributed by atoms with van der Waals surface area (Å²) < 4.78 is 0. The topological polar surface area (TPSA) is 99.3 Å². The quantitative estimate of drug-likeness (QED) is 0.805. The van der Waals surface area contributed by atoms with Crippen molar-refractivity contribution in [3.63, 3.8) is 0 Å². The van der Waals surface area contributed by atoms with Crippen LogP contribution in [0.2, 0.25) is 5.02 Å². The molecule has 0 aliphatic carbocycles. The van der Waals surface area contributed by atoms with Crippen LogP contribution < -0.4 is 10.9 Å². The molecule has 0 atom stereocenters. The van der Waals surface area contributed by atoms with Crippen LogP contribution in [0.4, 0.5) is 5.69 Å². The van der Waals surface area contributed by atoms with Gasteiger partial charge in [-0.15, -0.1) is 0 Å². The number of hydrogen-bond donors (Lipinski definition) is 3. The van der Waals surface area contributed by atoms with Gasteiger partial charge in [0.2, 0.25) is 0 Å². The van der Waals surface area contributed by atoms with E-state index in [9.17, 15) is 14.4 Å². The van der Waals surface area contributed by atoms with Gasteiger partial charge in [-0.1, -0.05) is 11.6 Å². The molecule has 0 spiro atoms. The second-order valence-electron chi connectivity index (χ2n) is 3.86. The monoisotopic (exact) mass is 292 g/mol. The number of nitrogens with one attached hydrogen (secondary N) is 2. The minimum Gasteiger partial charge on any atom is -0.478 e. The van der Waals surface area contributed by atoms with E-state index in [4.69, 9.17) is 16.7 Å². The molecule has 7 heteroatoms. The molecule has 102 valence electrons. The number of halogens is 1. The summed E-state index contributed by atoms with van der Waals surface area (Å²) in [7, 11) is 0. The van der Waals surface area contributed by atoms with Gasteiger partial charge in [-0.3, -0.25) is 9.59 Å². The molecule has 0 unspecified atom stereocenters. The summed E-state index contributed by atoms with van der Waals surface area (Å²) in [5, 5.41) is 11.7. The predicted octanol–water partition coefficient (Wildman–Crippen LogP) is 1.98. The second kappa shape index (κ2) is 5.58. The molecule has 0 aliphatic rings. The van der Waals surface area contributed by atoms with Gasteiger partial charge in [0.15, 0.2) is 0 Å². The summed E-state index contributed by atoms with van der Waals surface area (Å²) >= 11 is 5.71. The highest BCUT2D eigenvalue weighted by Gasteiger charge is 2.15. The first-order valence-electron chi connectivity index (χ1n) is 5.51. The third-order valence-corrected chi connectivity index (χ3v) is 2.76. The molecular weight excluding hydrogens is 284 g/mol. The Bertz CT molecular complexity index is 739. The summed E-state index contributed by atoms with van der Waals surface area (Å²) in [4.78, 5) is 36.8. The maximum Gasteiger partial charge on any atom is 0.337 e. The van der Waals surface area contributed by atoms with E-state index in [1.807, 2.05) is 0 Å². The Morgan fingerprint density at radius 3 is 2.60 bits per heavy atom. The fourth-order valence-electron chi connectivity index (χ4n) is 1.59. The van der Waals surface area contributed by atoms with Crippen molar-refractivity contribution in [1.29, 1.82) is 0 Å². The van der Waals surface area contributed by atoms with Crippen LogP contribution in [-0.4, -0.2) is 22.0 Å². The zero-order chi connectivity index (χ0) is 14.7. The molecule has 0 radical (unpaired) electrons. The molecular formula is C13H9ClN2O4. The largest absolute Gasteiger partial charge is 0.478 e. The number of benzene rings is 1. The lowest BCUT2D eigenvalue weighted by atomic mass is 10.1. The van der Waals surface area contributed by atoms with E-state index in [1.54, 1.807) is 0 Å². The van der Waals surface area contributed by atoms with E-state index in [2.05, 4.69) is 10.3 Å². The van der Waals surface area contributed by atoms with Crippen LogP contribution in [0.25, 0.3) is 0 Å². The number of anilines is 1. The van der Waals surface area contributed by atoms with Gasteiger partial charge in [0.05, 0.1) is 11.3 Å². The van der Waals surface area contributed by atoms with Gasteiger partial charge in [0.1, 0.15) is 5.56 Å². The first-order chi connectivity index (χ1) is 9.49. The molecule has 0 aliphatic heterocycles. The average molecular weight is 293 g/mol. The molecule has 1 heterocycles. The Morgan fingerprint density at radius 2 is 1.95 bits per heavy atom. The van der Waals surface area contributed by atoms with E-state index < -0.39 is 17.4 Å². The zero-order valence-electron chi connectivity index (χ0n) is 10.0. The highest BCUT2D eigenvalue weighted by atomic mass is 35.5. The van der Waals surface area contributed by atoms with E-state index in [0.29, 0.717) is 0 Å². The Hall–Kier alpha value is -2.60. The second-order valence-corrected chi connectivity index (χ2v) is 4.30. The Kier molecular flexibility index (Phi) is 3.86. The molecule has 3 N–H and O–H groups in total.